The average Bonchev–Trinajstić information content (AvgIpc) is 2.36. The molecule has 1 heterocycles. The number of carbonyl (C=O) groups excluding carboxylic acids is 2. The summed E-state index contributed by atoms with van der Waals surface area (Å²) in [5.74, 6) is 0.487. The van der Waals surface area contributed by atoms with Crippen LogP contribution in [0.3, 0.4) is 0 Å². The molecule has 3 rings (SSSR count). The molecule has 1 aromatic carbocycles. The van der Waals surface area contributed by atoms with E-state index in [2.05, 4.69) is 0 Å². The summed E-state index contributed by atoms with van der Waals surface area (Å²) in [6.45, 7) is 1.97. The highest BCUT2D eigenvalue weighted by Gasteiger charge is 2.32. The summed E-state index contributed by atoms with van der Waals surface area (Å²) in [6.07, 6.45) is 1.65. The third-order valence-corrected chi connectivity index (χ3v) is 3.05. The van der Waals surface area contributed by atoms with E-state index in [0.717, 1.165) is 0 Å². The van der Waals surface area contributed by atoms with E-state index in [9.17, 15) is 9.59 Å². The van der Waals surface area contributed by atoms with E-state index in [-0.39, 0.29) is 18.2 Å². The molecule has 17 heavy (non-hydrogen) atoms. The van der Waals surface area contributed by atoms with Crippen LogP contribution >= 0.6 is 0 Å². The Labute approximate surface area is 98.4 Å². The zero-order chi connectivity index (χ0) is 12.0. The number of benzene rings is 1. The zero-order valence-corrected chi connectivity index (χ0v) is 9.32. The standard InChI is InChI=1S/C14H10O3/c1-8-6-11-12(7-17-8)14(16)10-5-3-2-4-9(10)13(11)15/h2-6H,7H2,1H3. The molecule has 1 aromatic rings. The fourth-order valence-corrected chi connectivity index (χ4v) is 2.17. The number of fused-ring (bicyclic) bond motifs is 1. The highest BCUT2D eigenvalue weighted by atomic mass is 16.5. The second-order valence-electron chi connectivity index (χ2n) is 4.14. The molecule has 0 saturated carbocycles. The van der Waals surface area contributed by atoms with Gasteiger partial charge in [0.15, 0.2) is 11.6 Å². The van der Waals surface area contributed by atoms with E-state index in [1.807, 2.05) is 0 Å². The lowest BCUT2D eigenvalue weighted by Crippen LogP contribution is -2.26. The Morgan fingerprint density at radius 1 is 1.06 bits per heavy atom. The van der Waals surface area contributed by atoms with Crippen molar-refractivity contribution in [1.82, 2.24) is 0 Å². The van der Waals surface area contributed by atoms with Gasteiger partial charge in [-0.25, -0.2) is 0 Å². The van der Waals surface area contributed by atoms with Gasteiger partial charge in [0.25, 0.3) is 0 Å². The first-order chi connectivity index (χ1) is 8.18. The smallest absolute Gasteiger partial charge is 0.194 e. The molecular weight excluding hydrogens is 216 g/mol. The number of hydrogen-bond acceptors (Lipinski definition) is 3. The molecule has 0 radical (unpaired) electrons. The minimum absolute atomic E-state index is 0.0853. The van der Waals surface area contributed by atoms with Gasteiger partial charge in [0.05, 0.1) is 5.76 Å². The predicted molar refractivity (Wildman–Crippen MR) is 61.8 cm³/mol. The first kappa shape index (κ1) is 10.0. The molecule has 1 aliphatic carbocycles. The van der Waals surface area contributed by atoms with Crippen LogP contribution in [-0.2, 0) is 4.74 Å². The van der Waals surface area contributed by atoms with E-state index < -0.39 is 0 Å². The van der Waals surface area contributed by atoms with Crippen LogP contribution in [0.4, 0.5) is 0 Å². The summed E-state index contributed by atoms with van der Waals surface area (Å²) in [5.41, 5.74) is 1.92. The lowest BCUT2D eigenvalue weighted by molar-refractivity contribution is 0.0952. The second-order valence-corrected chi connectivity index (χ2v) is 4.14. The van der Waals surface area contributed by atoms with Gasteiger partial charge in [-0.1, -0.05) is 24.3 Å². The molecule has 0 aromatic heterocycles. The highest BCUT2D eigenvalue weighted by molar-refractivity contribution is 6.28. The zero-order valence-electron chi connectivity index (χ0n) is 9.32. The Kier molecular flexibility index (Phi) is 2.01. The monoisotopic (exact) mass is 226 g/mol. The highest BCUT2D eigenvalue weighted by Crippen LogP contribution is 2.30. The maximum atomic E-state index is 12.2. The van der Waals surface area contributed by atoms with E-state index in [1.54, 1.807) is 37.3 Å². The van der Waals surface area contributed by atoms with Crippen molar-refractivity contribution in [3.8, 4) is 0 Å². The van der Waals surface area contributed by atoms with Gasteiger partial charge in [0, 0.05) is 22.3 Å². The van der Waals surface area contributed by atoms with Gasteiger partial charge in [0.2, 0.25) is 0 Å². The molecule has 0 bridgehead atoms. The van der Waals surface area contributed by atoms with Gasteiger partial charge in [-0.3, -0.25) is 9.59 Å². The summed E-state index contributed by atoms with van der Waals surface area (Å²) in [5, 5.41) is 0. The number of Topliss-reactive ketones (excluding diaryl/α,β-unsaturated/α-hetero) is 2. The van der Waals surface area contributed by atoms with Crippen LogP contribution in [0.5, 0.6) is 0 Å². The van der Waals surface area contributed by atoms with Crippen molar-refractivity contribution in [2.75, 3.05) is 6.61 Å². The third-order valence-electron chi connectivity index (χ3n) is 3.05. The second kappa shape index (κ2) is 3.42. The van der Waals surface area contributed by atoms with Crippen LogP contribution in [0.15, 0.2) is 47.2 Å². The van der Waals surface area contributed by atoms with Gasteiger partial charge in [-0.15, -0.1) is 0 Å². The Hall–Kier alpha value is -2.16. The molecule has 0 atom stereocenters. The van der Waals surface area contributed by atoms with Crippen LogP contribution in [0.25, 0.3) is 0 Å². The third kappa shape index (κ3) is 1.35. The fraction of sp³-hybridized carbons (Fsp3) is 0.143. The van der Waals surface area contributed by atoms with E-state index in [0.29, 0.717) is 28.0 Å². The molecular formula is C14H10O3. The topological polar surface area (TPSA) is 43.4 Å². The molecule has 0 N–H and O–H groups in total. The molecule has 0 spiro atoms. The number of hydrogen-bond donors (Lipinski definition) is 0. The van der Waals surface area contributed by atoms with Gasteiger partial charge in [0.1, 0.15) is 6.61 Å². The normalized spacial score (nSPS) is 18.3. The Bertz CT molecular complexity index is 606. The molecule has 1 aliphatic heterocycles. The summed E-state index contributed by atoms with van der Waals surface area (Å²) in [7, 11) is 0. The molecule has 0 fully saturated rings. The number of ketones is 2. The van der Waals surface area contributed by atoms with E-state index >= 15 is 0 Å². The molecule has 0 amide bonds. The SMILES string of the molecule is CC1=CC2=C(CO1)C(=O)c1ccccc1C2=O. The van der Waals surface area contributed by atoms with E-state index in [4.69, 9.17) is 4.74 Å². The lowest BCUT2D eigenvalue weighted by atomic mass is 9.83. The quantitative estimate of drug-likeness (QED) is 0.681. The van der Waals surface area contributed by atoms with Crippen LogP contribution in [0, 0.1) is 0 Å². The minimum Gasteiger partial charge on any atom is -0.493 e. The van der Waals surface area contributed by atoms with Gasteiger partial charge < -0.3 is 4.74 Å². The van der Waals surface area contributed by atoms with Crippen molar-refractivity contribution in [2.24, 2.45) is 0 Å². The molecule has 3 heteroatoms. The lowest BCUT2D eigenvalue weighted by Gasteiger charge is -2.23. The predicted octanol–water partition coefficient (Wildman–Crippen LogP) is 2.30. The Balaban J connectivity index is 2.25. The van der Waals surface area contributed by atoms with Crippen molar-refractivity contribution in [2.45, 2.75) is 6.92 Å². The fourth-order valence-electron chi connectivity index (χ4n) is 2.17. The molecule has 0 saturated heterocycles. The van der Waals surface area contributed by atoms with Crippen molar-refractivity contribution in [3.63, 3.8) is 0 Å². The van der Waals surface area contributed by atoms with E-state index in [1.165, 1.54) is 0 Å². The number of allylic oxidation sites excluding steroid dienone is 3. The largest absolute Gasteiger partial charge is 0.493 e. The Morgan fingerprint density at radius 3 is 2.41 bits per heavy atom. The van der Waals surface area contributed by atoms with Crippen LogP contribution in [0.1, 0.15) is 27.6 Å². The number of ether oxygens (including phenoxy) is 1. The van der Waals surface area contributed by atoms with Crippen LogP contribution in [-0.4, -0.2) is 18.2 Å². The first-order valence-electron chi connectivity index (χ1n) is 5.41. The molecule has 84 valence electrons. The maximum Gasteiger partial charge on any atom is 0.194 e. The molecule has 2 aliphatic rings. The van der Waals surface area contributed by atoms with Gasteiger partial charge in [-0.05, 0) is 13.0 Å². The summed E-state index contributed by atoms with van der Waals surface area (Å²) >= 11 is 0. The average molecular weight is 226 g/mol. The minimum atomic E-state index is -0.0982. The van der Waals surface area contributed by atoms with Crippen molar-refractivity contribution in [3.05, 3.63) is 58.4 Å². The summed E-state index contributed by atoms with van der Waals surface area (Å²) in [4.78, 5) is 24.4. The van der Waals surface area contributed by atoms with Gasteiger partial charge >= 0.3 is 0 Å². The van der Waals surface area contributed by atoms with Crippen LogP contribution in [0.2, 0.25) is 0 Å². The number of carbonyl (C=O) groups is 2. The first-order valence-corrected chi connectivity index (χ1v) is 5.41. The summed E-state index contributed by atoms with van der Waals surface area (Å²) < 4.78 is 5.31. The molecule has 3 nitrogen and oxygen atoms in total. The number of rotatable bonds is 0. The van der Waals surface area contributed by atoms with Crippen molar-refractivity contribution >= 4 is 11.6 Å². The molecule has 0 unspecified atom stereocenters. The Morgan fingerprint density at radius 2 is 1.71 bits per heavy atom. The van der Waals surface area contributed by atoms with Crippen molar-refractivity contribution < 1.29 is 14.3 Å². The van der Waals surface area contributed by atoms with Gasteiger partial charge in [-0.2, -0.15) is 0 Å². The van der Waals surface area contributed by atoms with Crippen LogP contribution < -0.4 is 0 Å². The summed E-state index contributed by atoms with van der Waals surface area (Å²) in [6, 6.07) is 6.91. The maximum absolute atomic E-state index is 12.2. The van der Waals surface area contributed by atoms with Crippen molar-refractivity contribution in [1.29, 1.82) is 0 Å².